The van der Waals surface area contributed by atoms with Gasteiger partial charge in [0.2, 0.25) is 0 Å². The second kappa shape index (κ2) is 5.02. The number of hydrogen-bond acceptors (Lipinski definition) is 1. The number of halogens is 3. The summed E-state index contributed by atoms with van der Waals surface area (Å²) in [6.45, 7) is 0.849. The fourth-order valence-electron chi connectivity index (χ4n) is 2.05. The van der Waals surface area contributed by atoms with Crippen LogP contribution in [0.5, 0.6) is 0 Å². The minimum absolute atomic E-state index is 0.254. The first-order valence-electron chi connectivity index (χ1n) is 5.85. The van der Waals surface area contributed by atoms with Crippen molar-refractivity contribution in [2.24, 2.45) is 0 Å². The number of fused-ring (bicyclic) bond motifs is 1. The third-order valence-electron chi connectivity index (χ3n) is 2.90. The summed E-state index contributed by atoms with van der Waals surface area (Å²) >= 11 is 0. The van der Waals surface area contributed by atoms with Gasteiger partial charge in [0.05, 0.1) is 5.56 Å². The van der Waals surface area contributed by atoms with Crippen LogP contribution in [0.4, 0.5) is 13.2 Å². The molecule has 5 heteroatoms. The van der Waals surface area contributed by atoms with Gasteiger partial charge >= 0.3 is 6.18 Å². The quantitative estimate of drug-likeness (QED) is 0.807. The number of benzene rings is 1. The maximum atomic E-state index is 12.8. The van der Waals surface area contributed by atoms with E-state index >= 15 is 0 Å². The zero-order valence-corrected chi connectivity index (χ0v) is 10.1. The van der Waals surface area contributed by atoms with E-state index in [2.05, 4.69) is 10.3 Å². The predicted octanol–water partition coefficient (Wildman–Crippen LogP) is 3.34. The van der Waals surface area contributed by atoms with Gasteiger partial charge in [0.1, 0.15) is 0 Å². The number of rotatable bonds is 4. The van der Waals surface area contributed by atoms with Crippen molar-refractivity contribution in [2.45, 2.75) is 19.0 Å². The van der Waals surface area contributed by atoms with Gasteiger partial charge in [0, 0.05) is 16.6 Å². The second-order valence-corrected chi connectivity index (χ2v) is 4.27. The van der Waals surface area contributed by atoms with Crippen LogP contribution >= 0.6 is 0 Å². The molecule has 2 aromatic rings. The van der Waals surface area contributed by atoms with Gasteiger partial charge in [-0.05, 0) is 44.6 Å². The number of aryl methyl sites for hydroxylation is 1. The van der Waals surface area contributed by atoms with Crippen LogP contribution in [0.2, 0.25) is 0 Å². The zero-order valence-electron chi connectivity index (χ0n) is 10.1. The summed E-state index contributed by atoms with van der Waals surface area (Å²) in [4.78, 5) is 3.04. The SMILES string of the molecule is CNCCCc1cc2c(C(F)(F)F)cccc2[nH]1. The molecule has 98 valence electrons. The molecule has 0 radical (unpaired) electrons. The fourth-order valence-corrected chi connectivity index (χ4v) is 2.05. The Hall–Kier alpha value is -1.49. The van der Waals surface area contributed by atoms with Crippen LogP contribution in [-0.2, 0) is 12.6 Å². The van der Waals surface area contributed by atoms with Crippen LogP contribution in [0.25, 0.3) is 10.9 Å². The first-order chi connectivity index (χ1) is 8.52. The molecule has 18 heavy (non-hydrogen) atoms. The maximum Gasteiger partial charge on any atom is 0.417 e. The van der Waals surface area contributed by atoms with Gasteiger partial charge in [0.15, 0.2) is 0 Å². The Morgan fingerprint density at radius 2 is 2.06 bits per heavy atom. The molecule has 0 fully saturated rings. The molecule has 0 bridgehead atoms. The lowest BCUT2D eigenvalue weighted by molar-refractivity contribution is -0.136. The minimum Gasteiger partial charge on any atom is -0.358 e. The molecule has 0 aliphatic rings. The Kier molecular flexibility index (Phi) is 3.61. The molecule has 0 aliphatic carbocycles. The van der Waals surface area contributed by atoms with E-state index in [1.54, 1.807) is 12.1 Å². The lowest BCUT2D eigenvalue weighted by Crippen LogP contribution is -2.08. The first kappa shape index (κ1) is 13.0. The van der Waals surface area contributed by atoms with Gasteiger partial charge < -0.3 is 10.3 Å². The van der Waals surface area contributed by atoms with E-state index < -0.39 is 11.7 Å². The van der Waals surface area contributed by atoms with E-state index in [0.29, 0.717) is 5.52 Å². The Morgan fingerprint density at radius 1 is 1.28 bits per heavy atom. The largest absolute Gasteiger partial charge is 0.417 e. The van der Waals surface area contributed by atoms with E-state index in [1.807, 2.05) is 7.05 Å². The zero-order chi connectivity index (χ0) is 13.2. The third kappa shape index (κ3) is 2.67. The van der Waals surface area contributed by atoms with Gasteiger partial charge in [-0.2, -0.15) is 13.2 Å². The van der Waals surface area contributed by atoms with Crippen molar-refractivity contribution in [1.82, 2.24) is 10.3 Å². The highest BCUT2D eigenvalue weighted by Gasteiger charge is 2.32. The Labute approximate surface area is 103 Å². The first-order valence-corrected chi connectivity index (χ1v) is 5.85. The molecule has 1 heterocycles. The summed E-state index contributed by atoms with van der Waals surface area (Å²) in [5.74, 6) is 0. The van der Waals surface area contributed by atoms with Crippen LogP contribution in [0.15, 0.2) is 24.3 Å². The van der Waals surface area contributed by atoms with E-state index in [9.17, 15) is 13.2 Å². The van der Waals surface area contributed by atoms with Gasteiger partial charge in [-0.3, -0.25) is 0 Å². The fraction of sp³-hybridized carbons (Fsp3) is 0.385. The minimum atomic E-state index is -4.30. The van der Waals surface area contributed by atoms with E-state index in [0.717, 1.165) is 31.1 Å². The molecule has 0 spiro atoms. The van der Waals surface area contributed by atoms with Gasteiger partial charge in [0.25, 0.3) is 0 Å². The number of aromatic amines is 1. The number of aromatic nitrogens is 1. The number of H-pyrrole nitrogens is 1. The molecule has 0 atom stereocenters. The third-order valence-corrected chi connectivity index (χ3v) is 2.90. The Bertz CT molecular complexity index is 529. The van der Waals surface area contributed by atoms with E-state index in [1.165, 1.54) is 6.07 Å². The molecule has 0 saturated carbocycles. The summed E-state index contributed by atoms with van der Waals surface area (Å²) in [5.41, 5.74) is 0.817. The normalized spacial score (nSPS) is 12.2. The molecule has 0 saturated heterocycles. The molecule has 1 aromatic heterocycles. The average molecular weight is 256 g/mol. The van der Waals surface area contributed by atoms with Crippen LogP contribution in [0.1, 0.15) is 17.7 Å². The number of nitrogens with one attached hydrogen (secondary N) is 2. The van der Waals surface area contributed by atoms with Crippen molar-refractivity contribution in [2.75, 3.05) is 13.6 Å². The standard InChI is InChI=1S/C13H15F3N2/c1-17-7-3-4-9-8-10-11(13(14,15)16)5-2-6-12(10)18-9/h2,5-6,8,17-18H,3-4,7H2,1H3. The monoisotopic (exact) mass is 256 g/mol. The summed E-state index contributed by atoms with van der Waals surface area (Å²) < 4.78 is 38.4. The molecule has 1 aromatic carbocycles. The average Bonchev–Trinajstić information content (AvgIpc) is 2.70. The molecule has 2 rings (SSSR count). The van der Waals surface area contributed by atoms with Crippen molar-refractivity contribution in [3.05, 3.63) is 35.5 Å². The molecule has 0 aliphatic heterocycles. The number of hydrogen-bond donors (Lipinski definition) is 2. The van der Waals surface area contributed by atoms with E-state index in [-0.39, 0.29) is 5.39 Å². The van der Waals surface area contributed by atoms with Gasteiger partial charge in [-0.1, -0.05) is 6.07 Å². The predicted molar refractivity (Wildman–Crippen MR) is 65.5 cm³/mol. The highest BCUT2D eigenvalue weighted by molar-refractivity contribution is 5.84. The van der Waals surface area contributed by atoms with Crippen molar-refractivity contribution in [3.63, 3.8) is 0 Å². The van der Waals surface area contributed by atoms with E-state index in [4.69, 9.17) is 0 Å². The van der Waals surface area contributed by atoms with Gasteiger partial charge in [-0.25, -0.2) is 0 Å². The highest BCUT2D eigenvalue weighted by atomic mass is 19.4. The molecule has 0 unspecified atom stereocenters. The van der Waals surface area contributed by atoms with Crippen molar-refractivity contribution < 1.29 is 13.2 Å². The second-order valence-electron chi connectivity index (χ2n) is 4.27. The summed E-state index contributed by atoms with van der Waals surface area (Å²) in [5, 5.41) is 3.27. The Balaban J connectivity index is 2.33. The van der Waals surface area contributed by atoms with Crippen LogP contribution in [0.3, 0.4) is 0 Å². The van der Waals surface area contributed by atoms with Crippen LogP contribution in [0, 0.1) is 0 Å². The molecular weight excluding hydrogens is 241 g/mol. The lowest BCUT2D eigenvalue weighted by Gasteiger charge is -2.06. The summed E-state index contributed by atoms with van der Waals surface area (Å²) in [6.07, 6.45) is -2.67. The van der Waals surface area contributed by atoms with Crippen molar-refractivity contribution >= 4 is 10.9 Å². The topological polar surface area (TPSA) is 27.8 Å². The summed E-state index contributed by atoms with van der Waals surface area (Å²) in [7, 11) is 1.85. The highest BCUT2D eigenvalue weighted by Crippen LogP contribution is 2.35. The molecule has 2 nitrogen and oxygen atoms in total. The Morgan fingerprint density at radius 3 is 2.72 bits per heavy atom. The molecular formula is C13H15F3N2. The smallest absolute Gasteiger partial charge is 0.358 e. The number of alkyl halides is 3. The van der Waals surface area contributed by atoms with Crippen LogP contribution in [-0.4, -0.2) is 18.6 Å². The molecule has 0 amide bonds. The van der Waals surface area contributed by atoms with Crippen molar-refractivity contribution in [3.8, 4) is 0 Å². The van der Waals surface area contributed by atoms with Crippen molar-refractivity contribution in [1.29, 1.82) is 0 Å². The maximum absolute atomic E-state index is 12.8. The molecule has 2 N–H and O–H groups in total. The van der Waals surface area contributed by atoms with Gasteiger partial charge in [-0.15, -0.1) is 0 Å². The lowest BCUT2D eigenvalue weighted by atomic mass is 10.1. The van der Waals surface area contributed by atoms with Crippen LogP contribution < -0.4 is 5.32 Å². The summed E-state index contributed by atoms with van der Waals surface area (Å²) in [6, 6.07) is 5.83.